The number of halogens is 1. The van der Waals surface area contributed by atoms with E-state index in [4.69, 9.17) is 9.47 Å². The molecular weight excluding hydrogens is 391 g/mol. The van der Waals surface area contributed by atoms with Gasteiger partial charge in [-0.1, -0.05) is 56.2 Å². The Morgan fingerprint density at radius 2 is 1.48 bits per heavy atom. The third-order valence-electron chi connectivity index (χ3n) is 5.60. The lowest BCUT2D eigenvalue weighted by molar-refractivity contribution is 0.296. The van der Waals surface area contributed by atoms with Crippen molar-refractivity contribution in [1.29, 1.82) is 0 Å². The third-order valence-corrected chi connectivity index (χ3v) is 5.60. The highest BCUT2D eigenvalue weighted by atomic mass is 19.1. The normalized spacial score (nSPS) is 10.9. The number of unbranched alkanes of at least 4 members (excludes halogenated alkanes) is 2. The zero-order valence-electron chi connectivity index (χ0n) is 18.6. The second-order valence-electron chi connectivity index (χ2n) is 7.69. The average Bonchev–Trinajstić information content (AvgIpc) is 2.79. The molecule has 0 radical (unpaired) electrons. The van der Waals surface area contributed by atoms with Crippen LogP contribution in [0.4, 0.5) is 4.39 Å². The van der Waals surface area contributed by atoms with Gasteiger partial charge < -0.3 is 14.6 Å². The smallest absolute Gasteiger partial charge is 0.131 e. The van der Waals surface area contributed by atoms with Crippen LogP contribution in [-0.4, -0.2) is 25.9 Å². The summed E-state index contributed by atoms with van der Waals surface area (Å²) in [6.45, 7) is 2.20. The molecule has 0 amide bonds. The maximum Gasteiger partial charge on any atom is 0.131 e. The zero-order valence-corrected chi connectivity index (χ0v) is 18.6. The van der Waals surface area contributed by atoms with Gasteiger partial charge in [0.15, 0.2) is 0 Å². The first kappa shape index (κ1) is 22.8. The summed E-state index contributed by atoms with van der Waals surface area (Å²) >= 11 is 0. The predicted molar refractivity (Wildman–Crippen MR) is 124 cm³/mol. The molecule has 0 bridgehead atoms. The molecule has 164 valence electrons. The van der Waals surface area contributed by atoms with Crippen LogP contribution in [0.3, 0.4) is 0 Å². The molecule has 3 aromatic carbocycles. The largest absolute Gasteiger partial charge is 0.496 e. The van der Waals surface area contributed by atoms with E-state index in [1.165, 1.54) is 24.8 Å². The molecule has 31 heavy (non-hydrogen) atoms. The van der Waals surface area contributed by atoms with Gasteiger partial charge in [0.2, 0.25) is 0 Å². The van der Waals surface area contributed by atoms with Gasteiger partial charge in [-0.3, -0.25) is 0 Å². The minimum Gasteiger partial charge on any atom is -0.496 e. The number of methoxy groups -OCH3 is 2. The first-order valence-electron chi connectivity index (χ1n) is 10.9. The maximum atomic E-state index is 15.2. The summed E-state index contributed by atoms with van der Waals surface area (Å²) in [5.41, 5.74) is 5.04. The maximum absolute atomic E-state index is 15.2. The fraction of sp³-hybridized carbons (Fsp3) is 0.333. The van der Waals surface area contributed by atoms with E-state index in [0.29, 0.717) is 29.0 Å². The van der Waals surface area contributed by atoms with Crippen molar-refractivity contribution in [2.75, 3.05) is 20.8 Å². The van der Waals surface area contributed by atoms with Crippen LogP contribution in [0.2, 0.25) is 0 Å². The molecule has 1 N–H and O–H groups in total. The molecule has 0 fully saturated rings. The molecule has 0 saturated carbocycles. The molecular formula is C27H31FO3. The van der Waals surface area contributed by atoms with Crippen molar-refractivity contribution in [2.24, 2.45) is 0 Å². The summed E-state index contributed by atoms with van der Waals surface area (Å²) in [6.07, 6.45) is 5.17. The van der Waals surface area contributed by atoms with Crippen LogP contribution in [0.25, 0.3) is 22.3 Å². The molecule has 3 aromatic rings. The Kier molecular flexibility index (Phi) is 8.07. The first-order valence-corrected chi connectivity index (χ1v) is 10.9. The van der Waals surface area contributed by atoms with Crippen LogP contribution in [0, 0.1) is 5.82 Å². The van der Waals surface area contributed by atoms with E-state index >= 15 is 4.39 Å². The molecule has 0 aliphatic carbocycles. The Balaban J connectivity index is 1.90. The molecule has 0 unspecified atom stereocenters. The van der Waals surface area contributed by atoms with Crippen LogP contribution in [0.15, 0.2) is 54.6 Å². The fourth-order valence-corrected chi connectivity index (χ4v) is 3.84. The van der Waals surface area contributed by atoms with E-state index in [0.717, 1.165) is 23.1 Å². The third kappa shape index (κ3) is 5.45. The summed E-state index contributed by atoms with van der Waals surface area (Å²) in [5, 5.41) is 9.29. The van der Waals surface area contributed by atoms with Gasteiger partial charge in [0.1, 0.15) is 17.3 Å². The molecule has 0 aromatic heterocycles. The summed E-state index contributed by atoms with van der Waals surface area (Å²) in [7, 11) is 3.13. The van der Waals surface area contributed by atoms with Crippen molar-refractivity contribution in [3.63, 3.8) is 0 Å². The SMILES string of the molecule is CCCCCc1ccc(-c2ccc(-c3cc(OC)c(CCO)cc3OC)c(F)c2)cc1. The molecule has 0 atom stereocenters. The molecule has 0 saturated heterocycles. The van der Waals surface area contributed by atoms with Gasteiger partial charge in [-0.15, -0.1) is 0 Å². The van der Waals surface area contributed by atoms with Crippen LogP contribution >= 0.6 is 0 Å². The second-order valence-corrected chi connectivity index (χ2v) is 7.69. The van der Waals surface area contributed by atoms with Gasteiger partial charge in [0, 0.05) is 23.3 Å². The second kappa shape index (κ2) is 11.0. The molecule has 3 rings (SSSR count). The number of rotatable bonds is 10. The molecule has 3 nitrogen and oxygen atoms in total. The first-order chi connectivity index (χ1) is 15.1. The monoisotopic (exact) mass is 422 g/mol. The number of ether oxygens (including phenoxy) is 2. The van der Waals surface area contributed by atoms with E-state index in [1.807, 2.05) is 6.07 Å². The Hall–Kier alpha value is -2.85. The summed E-state index contributed by atoms with van der Waals surface area (Å²) in [5.74, 6) is 0.833. The van der Waals surface area contributed by atoms with Crippen LogP contribution in [0.1, 0.15) is 37.3 Å². The van der Waals surface area contributed by atoms with E-state index < -0.39 is 0 Å². The highest BCUT2D eigenvalue weighted by Crippen LogP contribution is 2.38. The lowest BCUT2D eigenvalue weighted by Crippen LogP contribution is -1.99. The van der Waals surface area contributed by atoms with Crippen LogP contribution in [-0.2, 0) is 12.8 Å². The van der Waals surface area contributed by atoms with Gasteiger partial charge in [-0.25, -0.2) is 4.39 Å². The molecule has 4 heteroatoms. The quantitative estimate of drug-likeness (QED) is 0.382. The van der Waals surface area contributed by atoms with Crippen molar-refractivity contribution >= 4 is 0 Å². The van der Waals surface area contributed by atoms with E-state index in [1.54, 1.807) is 38.5 Å². The number of aliphatic hydroxyl groups is 1. The predicted octanol–water partition coefficient (Wildman–Crippen LogP) is 6.44. The minimum atomic E-state index is -0.320. The van der Waals surface area contributed by atoms with Gasteiger partial charge in [-0.2, -0.15) is 0 Å². The van der Waals surface area contributed by atoms with Crippen molar-refractivity contribution in [3.8, 4) is 33.8 Å². The lowest BCUT2D eigenvalue weighted by Gasteiger charge is -2.16. The van der Waals surface area contributed by atoms with Crippen LogP contribution < -0.4 is 9.47 Å². The summed E-state index contributed by atoms with van der Waals surface area (Å²) in [4.78, 5) is 0. The van der Waals surface area contributed by atoms with E-state index in [-0.39, 0.29) is 12.4 Å². The van der Waals surface area contributed by atoms with Crippen molar-refractivity contribution < 1.29 is 19.0 Å². The van der Waals surface area contributed by atoms with E-state index in [9.17, 15) is 5.11 Å². The number of hydrogen-bond donors (Lipinski definition) is 1. The summed E-state index contributed by atoms with van der Waals surface area (Å²) < 4.78 is 26.1. The number of aliphatic hydroxyl groups excluding tert-OH is 1. The van der Waals surface area contributed by atoms with Gasteiger partial charge in [0.25, 0.3) is 0 Å². The van der Waals surface area contributed by atoms with Crippen molar-refractivity contribution in [2.45, 2.75) is 39.0 Å². The Labute approximate surface area is 184 Å². The minimum absolute atomic E-state index is 0.000682. The Morgan fingerprint density at radius 3 is 2.10 bits per heavy atom. The average molecular weight is 423 g/mol. The highest BCUT2D eigenvalue weighted by Gasteiger charge is 2.16. The van der Waals surface area contributed by atoms with E-state index in [2.05, 4.69) is 31.2 Å². The summed E-state index contributed by atoms with van der Waals surface area (Å²) in [6, 6.07) is 17.2. The van der Waals surface area contributed by atoms with Crippen LogP contribution in [0.5, 0.6) is 11.5 Å². The molecule has 0 spiro atoms. The van der Waals surface area contributed by atoms with Gasteiger partial charge in [0.05, 0.1) is 14.2 Å². The zero-order chi connectivity index (χ0) is 22.2. The molecule has 0 aliphatic rings. The Morgan fingerprint density at radius 1 is 0.774 bits per heavy atom. The number of hydrogen-bond acceptors (Lipinski definition) is 3. The van der Waals surface area contributed by atoms with Gasteiger partial charge in [-0.05, 0) is 54.2 Å². The lowest BCUT2D eigenvalue weighted by atomic mass is 9.96. The molecule has 0 heterocycles. The highest BCUT2D eigenvalue weighted by molar-refractivity contribution is 5.76. The number of aryl methyl sites for hydroxylation is 1. The number of benzene rings is 3. The van der Waals surface area contributed by atoms with Gasteiger partial charge >= 0.3 is 0 Å². The fourth-order valence-electron chi connectivity index (χ4n) is 3.84. The topological polar surface area (TPSA) is 38.7 Å². The van der Waals surface area contributed by atoms with Crippen molar-refractivity contribution in [3.05, 3.63) is 71.5 Å². The standard InChI is InChI=1S/C27H31FO3/c1-4-5-6-7-19-8-10-20(11-9-19)21-12-13-23(25(28)16-21)24-18-26(30-2)22(14-15-29)17-27(24)31-3/h8-13,16-18,29H,4-7,14-15H2,1-3H3. The molecule has 0 aliphatic heterocycles. The Bertz CT molecular complexity index is 996. The van der Waals surface area contributed by atoms with Crippen molar-refractivity contribution in [1.82, 2.24) is 0 Å².